The van der Waals surface area contributed by atoms with Crippen molar-refractivity contribution in [3.63, 3.8) is 0 Å². The Morgan fingerprint density at radius 1 is 0.733 bits per heavy atom. The highest BCUT2D eigenvalue weighted by Gasteiger charge is 2.37. The van der Waals surface area contributed by atoms with Gasteiger partial charge in [0.2, 0.25) is 0 Å². The quantitative estimate of drug-likeness (QED) is 0.348. The van der Waals surface area contributed by atoms with Crippen LogP contribution in [0.25, 0.3) is 0 Å². The van der Waals surface area contributed by atoms with Crippen molar-refractivity contribution in [1.82, 2.24) is 0 Å². The topological polar surface area (TPSA) is 49.7 Å². The summed E-state index contributed by atoms with van der Waals surface area (Å²) in [5, 5.41) is 20.3. The molecule has 0 aromatic heterocycles. The Bertz CT molecular complexity index is 781. The lowest BCUT2D eigenvalue weighted by Gasteiger charge is -2.36. The standard InChI is InChI=1S/C27H30O3/c1-2-12-25(28)21-26(29)19-20-30-27(22-13-6-3-7-14-22,23-15-8-4-9-16-23)24-17-10-5-11-18-24/h2-11,13-18,25-26,28-29H,1,12,19-21H2/t25-,26-/m1/s1. The first-order chi connectivity index (χ1) is 14.7. The highest BCUT2D eigenvalue weighted by Crippen LogP contribution is 2.40. The largest absolute Gasteiger partial charge is 0.393 e. The van der Waals surface area contributed by atoms with Crippen molar-refractivity contribution in [2.75, 3.05) is 6.61 Å². The molecule has 3 aromatic carbocycles. The number of aliphatic hydroxyl groups excluding tert-OH is 2. The summed E-state index contributed by atoms with van der Waals surface area (Å²) in [5.41, 5.74) is 2.30. The van der Waals surface area contributed by atoms with Crippen LogP contribution >= 0.6 is 0 Å². The average Bonchev–Trinajstić information content (AvgIpc) is 2.79. The van der Waals surface area contributed by atoms with Crippen molar-refractivity contribution < 1.29 is 14.9 Å². The van der Waals surface area contributed by atoms with Gasteiger partial charge in [0.15, 0.2) is 0 Å². The molecule has 0 aliphatic rings. The maximum absolute atomic E-state index is 10.4. The molecular formula is C27H30O3. The van der Waals surface area contributed by atoms with E-state index in [1.165, 1.54) is 0 Å². The van der Waals surface area contributed by atoms with Crippen LogP contribution in [-0.4, -0.2) is 29.0 Å². The number of benzene rings is 3. The first-order valence-corrected chi connectivity index (χ1v) is 10.4. The first kappa shape index (κ1) is 22.0. The maximum atomic E-state index is 10.4. The van der Waals surface area contributed by atoms with Crippen LogP contribution in [0, 0.1) is 0 Å². The molecule has 0 fully saturated rings. The van der Waals surface area contributed by atoms with Gasteiger partial charge in [-0.05, 0) is 36.0 Å². The van der Waals surface area contributed by atoms with E-state index in [1.807, 2.05) is 54.6 Å². The van der Waals surface area contributed by atoms with Crippen LogP contribution in [0.4, 0.5) is 0 Å². The van der Waals surface area contributed by atoms with Crippen molar-refractivity contribution in [3.05, 3.63) is 120 Å². The zero-order chi connectivity index (χ0) is 21.2. The van der Waals surface area contributed by atoms with Gasteiger partial charge in [0.05, 0.1) is 18.8 Å². The SMILES string of the molecule is C=CC[C@@H](O)C[C@H](O)CCOC(c1ccccc1)(c1ccccc1)c1ccccc1. The minimum atomic E-state index is -0.788. The van der Waals surface area contributed by atoms with Crippen molar-refractivity contribution in [3.8, 4) is 0 Å². The number of aliphatic hydroxyl groups is 2. The number of ether oxygens (including phenoxy) is 1. The fraction of sp³-hybridized carbons (Fsp3) is 0.259. The van der Waals surface area contributed by atoms with E-state index in [9.17, 15) is 10.2 Å². The van der Waals surface area contributed by atoms with Crippen LogP contribution in [0.15, 0.2) is 104 Å². The monoisotopic (exact) mass is 402 g/mol. The van der Waals surface area contributed by atoms with Crippen LogP contribution in [0.2, 0.25) is 0 Å². The Hall–Kier alpha value is -2.72. The fourth-order valence-corrected chi connectivity index (χ4v) is 3.84. The van der Waals surface area contributed by atoms with Crippen LogP contribution < -0.4 is 0 Å². The first-order valence-electron chi connectivity index (χ1n) is 10.4. The van der Waals surface area contributed by atoms with Gasteiger partial charge in [0.25, 0.3) is 0 Å². The van der Waals surface area contributed by atoms with E-state index in [4.69, 9.17) is 4.74 Å². The van der Waals surface area contributed by atoms with E-state index in [-0.39, 0.29) is 0 Å². The van der Waals surface area contributed by atoms with Gasteiger partial charge in [0, 0.05) is 0 Å². The zero-order valence-electron chi connectivity index (χ0n) is 17.2. The van der Waals surface area contributed by atoms with Gasteiger partial charge in [0.1, 0.15) is 5.60 Å². The Morgan fingerprint density at radius 2 is 1.17 bits per heavy atom. The molecule has 0 unspecified atom stereocenters. The molecule has 0 saturated heterocycles. The fourth-order valence-electron chi connectivity index (χ4n) is 3.84. The van der Waals surface area contributed by atoms with Gasteiger partial charge in [-0.15, -0.1) is 6.58 Å². The lowest BCUT2D eigenvalue weighted by molar-refractivity contribution is -0.0127. The van der Waals surface area contributed by atoms with Gasteiger partial charge in [-0.3, -0.25) is 0 Å². The van der Waals surface area contributed by atoms with Crippen LogP contribution in [0.5, 0.6) is 0 Å². The number of hydrogen-bond donors (Lipinski definition) is 2. The van der Waals surface area contributed by atoms with Gasteiger partial charge in [-0.1, -0.05) is 97.1 Å². The van der Waals surface area contributed by atoms with Crippen molar-refractivity contribution in [1.29, 1.82) is 0 Å². The summed E-state index contributed by atoms with van der Waals surface area (Å²) in [7, 11) is 0. The molecule has 0 radical (unpaired) electrons. The second kappa shape index (κ2) is 10.9. The summed E-state index contributed by atoms with van der Waals surface area (Å²) < 4.78 is 6.64. The number of hydrogen-bond acceptors (Lipinski definition) is 3. The molecule has 0 bridgehead atoms. The zero-order valence-corrected chi connectivity index (χ0v) is 17.2. The molecule has 2 atom stereocenters. The Labute approximate surface area is 179 Å². The lowest BCUT2D eigenvalue weighted by Crippen LogP contribution is -2.34. The Morgan fingerprint density at radius 3 is 1.57 bits per heavy atom. The van der Waals surface area contributed by atoms with E-state index in [1.54, 1.807) is 6.08 Å². The van der Waals surface area contributed by atoms with Crippen LogP contribution in [0.1, 0.15) is 36.0 Å². The molecule has 156 valence electrons. The summed E-state index contributed by atoms with van der Waals surface area (Å²) in [6.45, 7) is 3.98. The van der Waals surface area contributed by atoms with E-state index < -0.39 is 17.8 Å². The van der Waals surface area contributed by atoms with E-state index in [0.29, 0.717) is 25.9 Å². The summed E-state index contributed by atoms with van der Waals surface area (Å²) >= 11 is 0. The van der Waals surface area contributed by atoms with Crippen molar-refractivity contribution >= 4 is 0 Å². The van der Waals surface area contributed by atoms with Gasteiger partial charge < -0.3 is 14.9 Å². The van der Waals surface area contributed by atoms with Crippen LogP contribution in [0.3, 0.4) is 0 Å². The predicted molar refractivity (Wildman–Crippen MR) is 121 cm³/mol. The lowest BCUT2D eigenvalue weighted by atomic mass is 9.80. The highest BCUT2D eigenvalue weighted by molar-refractivity contribution is 5.47. The van der Waals surface area contributed by atoms with Gasteiger partial charge >= 0.3 is 0 Å². The molecule has 30 heavy (non-hydrogen) atoms. The molecule has 0 amide bonds. The summed E-state index contributed by atoms with van der Waals surface area (Å²) in [6.07, 6.45) is 1.66. The van der Waals surface area contributed by atoms with Crippen molar-refractivity contribution in [2.24, 2.45) is 0 Å². The Balaban J connectivity index is 1.93. The predicted octanol–water partition coefficient (Wildman–Crippen LogP) is 5.07. The maximum Gasteiger partial charge on any atom is 0.143 e. The smallest absolute Gasteiger partial charge is 0.143 e. The third-order valence-electron chi connectivity index (χ3n) is 5.29. The third kappa shape index (κ3) is 5.25. The second-order valence-electron chi connectivity index (χ2n) is 7.48. The number of rotatable bonds is 11. The van der Waals surface area contributed by atoms with E-state index >= 15 is 0 Å². The van der Waals surface area contributed by atoms with Gasteiger partial charge in [-0.2, -0.15) is 0 Å². The molecule has 3 rings (SSSR count). The minimum absolute atomic E-state index is 0.310. The summed E-state index contributed by atoms with van der Waals surface area (Å²) in [5.74, 6) is 0. The molecule has 3 aromatic rings. The van der Waals surface area contributed by atoms with Crippen LogP contribution in [-0.2, 0) is 10.3 Å². The highest BCUT2D eigenvalue weighted by atomic mass is 16.5. The second-order valence-corrected chi connectivity index (χ2v) is 7.48. The minimum Gasteiger partial charge on any atom is -0.393 e. The summed E-state index contributed by atoms with van der Waals surface area (Å²) in [4.78, 5) is 0. The molecule has 2 N–H and O–H groups in total. The van der Waals surface area contributed by atoms with E-state index in [2.05, 4.69) is 43.0 Å². The molecule has 3 heteroatoms. The normalized spacial score (nSPS) is 13.5. The molecular weight excluding hydrogens is 372 g/mol. The molecule has 0 aliphatic heterocycles. The van der Waals surface area contributed by atoms with Crippen molar-refractivity contribution in [2.45, 2.75) is 37.1 Å². The molecule has 0 heterocycles. The molecule has 0 saturated carbocycles. The van der Waals surface area contributed by atoms with E-state index in [0.717, 1.165) is 16.7 Å². The average molecular weight is 403 g/mol. The van der Waals surface area contributed by atoms with Gasteiger partial charge in [-0.25, -0.2) is 0 Å². The Kier molecular flexibility index (Phi) is 7.97. The molecule has 3 nitrogen and oxygen atoms in total. The molecule has 0 aliphatic carbocycles. The summed E-state index contributed by atoms with van der Waals surface area (Å²) in [6, 6.07) is 30.5. The third-order valence-corrected chi connectivity index (χ3v) is 5.29. The molecule has 0 spiro atoms.